The smallest absolute Gasteiger partial charge is 0.250 e. The summed E-state index contributed by atoms with van der Waals surface area (Å²) < 4.78 is 0. The minimum Gasteiger partial charge on any atom is -0.324 e. The van der Waals surface area contributed by atoms with Crippen LogP contribution in [-0.2, 0) is 19.9 Å². The van der Waals surface area contributed by atoms with Crippen molar-refractivity contribution in [3.05, 3.63) is 28.8 Å². The Kier molecular flexibility index (Phi) is 4.74. The maximum Gasteiger partial charge on any atom is 0.250 e. The van der Waals surface area contributed by atoms with Crippen LogP contribution in [0.3, 0.4) is 0 Å². The van der Waals surface area contributed by atoms with E-state index in [1.54, 1.807) is 16.7 Å². The summed E-state index contributed by atoms with van der Waals surface area (Å²) in [4.78, 5) is 42.4. The normalized spacial score (nSPS) is 33.0. The number of carbonyl (C=O) groups is 3. The van der Waals surface area contributed by atoms with Crippen molar-refractivity contribution in [2.75, 3.05) is 17.3 Å². The molecule has 4 atom stereocenters. The largest absolute Gasteiger partial charge is 0.324 e. The number of carbonyl (C=O) groups excluding carboxylic acids is 3. The first-order chi connectivity index (χ1) is 14.4. The molecular weight excluding hydrogens is 398 g/mol. The fourth-order valence-corrected chi connectivity index (χ4v) is 6.79. The van der Waals surface area contributed by atoms with Gasteiger partial charge in [0.2, 0.25) is 17.7 Å². The molecule has 0 unspecified atom stereocenters. The van der Waals surface area contributed by atoms with E-state index in [2.05, 4.69) is 10.6 Å². The van der Waals surface area contributed by atoms with Crippen molar-refractivity contribution in [1.29, 1.82) is 0 Å². The second kappa shape index (κ2) is 7.09. The van der Waals surface area contributed by atoms with E-state index in [-0.39, 0.29) is 29.8 Å². The van der Waals surface area contributed by atoms with Gasteiger partial charge in [-0.25, -0.2) is 0 Å². The molecule has 3 amide bonds. The highest BCUT2D eigenvalue weighted by Gasteiger charge is 2.70. The van der Waals surface area contributed by atoms with E-state index in [4.69, 9.17) is 0 Å². The Hall–Kier alpha value is -1.86. The SMILES string of the molecule is CSCC[C@@H]1N[C@@]2(C(=O)Nc3c(C)cc(C)cc32)[C@H]2C(=O)N(C3CCCC3)C(=O)[C@H]12. The van der Waals surface area contributed by atoms with Crippen molar-refractivity contribution < 1.29 is 14.4 Å². The second-order valence-corrected chi connectivity index (χ2v) is 10.3. The number of hydrogen-bond acceptors (Lipinski definition) is 5. The van der Waals surface area contributed by atoms with Gasteiger partial charge < -0.3 is 5.32 Å². The van der Waals surface area contributed by atoms with Crippen molar-refractivity contribution in [1.82, 2.24) is 10.2 Å². The van der Waals surface area contributed by atoms with Crippen molar-refractivity contribution in [2.45, 2.75) is 63.6 Å². The summed E-state index contributed by atoms with van der Waals surface area (Å²) in [6.07, 6.45) is 6.67. The topological polar surface area (TPSA) is 78.5 Å². The van der Waals surface area contributed by atoms with E-state index in [1.165, 1.54) is 0 Å². The Morgan fingerprint density at radius 2 is 1.87 bits per heavy atom. The van der Waals surface area contributed by atoms with Crippen molar-refractivity contribution in [3.8, 4) is 0 Å². The van der Waals surface area contributed by atoms with Crippen LogP contribution in [0.5, 0.6) is 0 Å². The molecule has 4 aliphatic rings. The number of nitrogens with zero attached hydrogens (tertiary/aromatic N) is 1. The molecule has 2 N–H and O–H groups in total. The Balaban J connectivity index is 1.65. The maximum atomic E-state index is 13.8. The molecule has 7 heteroatoms. The van der Waals surface area contributed by atoms with Crippen LogP contribution in [0.1, 0.15) is 48.8 Å². The van der Waals surface area contributed by atoms with Crippen molar-refractivity contribution >= 4 is 35.2 Å². The van der Waals surface area contributed by atoms with Gasteiger partial charge >= 0.3 is 0 Å². The molecule has 0 radical (unpaired) electrons. The van der Waals surface area contributed by atoms with Gasteiger partial charge in [0.1, 0.15) is 5.54 Å². The highest BCUT2D eigenvalue weighted by molar-refractivity contribution is 7.98. The average Bonchev–Trinajstić information content (AvgIpc) is 3.44. The van der Waals surface area contributed by atoms with Gasteiger partial charge in [-0.2, -0.15) is 11.8 Å². The standard InChI is InChI=1S/C23H29N3O3S/c1-12-10-13(2)19-15(11-12)23(22(29)24-19)18-17(16(25-23)8-9-30-3)20(27)26(21(18)28)14-6-4-5-7-14/h10-11,14,16-18,25H,4-9H2,1-3H3,(H,24,29)/t16-,17+,18+,23+/m0/s1. The molecule has 3 aliphatic heterocycles. The van der Waals surface area contributed by atoms with Crippen molar-refractivity contribution in [2.24, 2.45) is 11.8 Å². The average molecular weight is 428 g/mol. The zero-order valence-corrected chi connectivity index (χ0v) is 18.6. The molecule has 3 fully saturated rings. The van der Waals surface area contributed by atoms with E-state index in [0.29, 0.717) is 0 Å². The van der Waals surface area contributed by atoms with Gasteiger partial charge in [0.25, 0.3) is 0 Å². The van der Waals surface area contributed by atoms with Crippen LogP contribution in [0.15, 0.2) is 12.1 Å². The predicted octanol–water partition coefficient (Wildman–Crippen LogP) is 2.72. The molecule has 6 nitrogen and oxygen atoms in total. The highest BCUT2D eigenvalue weighted by atomic mass is 32.2. The monoisotopic (exact) mass is 427 g/mol. The van der Waals surface area contributed by atoms with Gasteiger partial charge in [-0.15, -0.1) is 0 Å². The Labute approximate surface area is 181 Å². The molecule has 1 saturated carbocycles. The van der Waals surface area contributed by atoms with Crippen LogP contribution < -0.4 is 10.6 Å². The molecular formula is C23H29N3O3S. The summed E-state index contributed by atoms with van der Waals surface area (Å²) >= 11 is 1.72. The van der Waals surface area contributed by atoms with Crippen LogP contribution in [0, 0.1) is 25.7 Å². The van der Waals surface area contributed by atoms with Crippen LogP contribution >= 0.6 is 11.8 Å². The zero-order valence-electron chi connectivity index (χ0n) is 17.8. The van der Waals surface area contributed by atoms with Crippen molar-refractivity contribution in [3.63, 3.8) is 0 Å². The quantitative estimate of drug-likeness (QED) is 0.723. The molecule has 1 aromatic rings. The number of fused-ring (bicyclic) bond motifs is 4. The summed E-state index contributed by atoms with van der Waals surface area (Å²) in [5.41, 5.74) is 2.52. The summed E-state index contributed by atoms with van der Waals surface area (Å²) in [5.74, 6) is -0.676. The Morgan fingerprint density at radius 1 is 1.13 bits per heavy atom. The molecule has 2 saturated heterocycles. The molecule has 1 aromatic carbocycles. The molecule has 160 valence electrons. The first-order valence-electron chi connectivity index (χ1n) is 11.0. The Bertz CT molecular complexity index is 942. The van der Waals surface area contributed by atoms with Gasteiger partial charge in [0, 0.05) is 23.3 Å². The summed E-state index contributed by atoms with van der Waals surface area (Å²) in [6.45, 7) is 3.99. The maximum absolute atomic E-state index is 13.8. The minimum atomic E-state index is -1.15. The number of imide groups is 1. The van der Waals surface area contributed by atoms with Crippen LogP contribution in [0.4, 0.5) is 5.69 Å². The van der Waals surface area contributed by atoms with Crippen LogP contribution in [-0.4, -0.2) is 46.7 Å². The second-order valence-electron chi connectivity index (χ2n) is 9.29. The van der Waals surface area contributed by atoms with Gasteiger partial charge in [0.05, 0.1) is 11.8 Å². The molecule has 5 rings (SSSR count). The lowest BCUT2D eigenvalue weighted by Crippen LogP contribution is -2.54. The molecule has 1 spiro atoms. The molecule has 0 aromatic heterocycles. The van der Waals surface area contributed by atoms with Gasteiger partial charge in [0.15, 0.2) is 0 Å². The van der Waals surface area contributed by atoms with Gasteiger partial charge in [-0.3, -0.25) is 24.6 Å². The molecule has 1 aliphatic carbocycles. The predicted molar refractivity (Wildman–Crippen MR) is 117 cm³/mol. The van der Waals surface area contributed by atoms with E-state index in [9.17, 15) is 14.4 Å². The number of likely N-dealkylation sites (tertiary alicyclic amines) is 1. The molecule has 0 bridgehead atoms. The third kappa shape index (κ3) is 2.57. The first-order valence-corrected chi connectivity index (χ1v) is 12.4. The van der Waals surface area contributed by atoms with Crippen LogP contribution in [0.2, 0.25) is 0 Å². The lowest BCUT2D eigenvalue weighted by atomic mass is 9.76. The van der Waals surface area contributed by atoms with Gasteiger partial charge in [-0.1, -0.05) is 30.5 Å². The fourth-order valence-electron chi connectivity index (χ4n) is 6.30. The summed E-state index contributed by atoms with van der Waals surface area (Å²) in [7, 11) is 0. The third-order valence-electron chi connectivity index (χ3n) is 7.52. The minimum absolute atomic E-state index is 0.00275. The lowest BCUT2D eigenvalue weighted by molar-refractivity contribution is -0.145. The number of nitrogens with one attached hydrogen (secondary N) is 2. The molecule has 30 heavy (non-hydrogen) atoms. The fraction of sp³-hybridized carbons (Fsp3) is 0.609. The number of aryl methyl sites for hydroxylation is 2. The number of rotatable bonds is 4. The summed E-state index contributed by atoms with van der Waals surface area (Å²) in [6, 6.07) is 3.87. The Morgan fingerprint density at radius 3 is 2.57 bits per heavy atom. The number of benzene rings is 1. The highest BCUT2D eigenvalue weighted by Crippen LogP contribution is 2.55. The van der Waals surface area contributed by atoms with E-state index < -0.39 is 17.4 Å². The van der Waals surface area contributed by atoms with E-state index in [0.717, 1.165) is 60.2 Å². The lowest BCUT2D eigenvalue weighted by Gasteiger charge is -2.31. The van der Waals surface area contributed by atoms with E-state index in [1.807, 2.05) is 32.2 Å². The number of amides is 3. The van der Waals surface area contributed by atoms with Gasteiger partial charge in [-0.05, 0) is 50.7 Å². The molecule has 3 heterocycles. The third-order valence-corrected chi connectivity index (χ3v) is 8.17. The number of hydrogen-bond donors (Lipinski definition) is 2. The zero-order chi connectivity index (χ0) is 21.2. The number of thioether (sulfide) groups is 1. The van der Waals surface area contributed by atoms with E-state index >= 15 is 0 Å². The summed E-state index contributed by atoms with van der Waals surface area (Å²) in [5, 5.41) is 6.59. The number of anilines is 1. The first kappa shape index (κ1) is 20.1. The van der Waals surface area contributed by atoms with Crippen LogP contribution in [0.25, 0.3) is 0 Å².